The minimum absolute atomic E-state index is 0.189. The summed E-state index contributed by atoms with van der Waals surface area (Å²) in [6, 6.07) is 3.65. The number of aromatic nitrogens is 4. The summed E-state index contributed by atoms with van der Waals surface area (Å²) in [5, 5.41) is 21.3. The molecule has 0 fully saturated rings. The first-order chi connectivity index (χ1) is 13.1. The summed E-state index contributed by atoms with van der Waals surface area (Å²) in [6.07, 6.45) is 5.78. The van der Waals surface area contributed by atoms with Crippen molar-refractivity contribution >= 4 is 16.9 Å². The van der Waals surface area contributed by atoms with E-state index in [4.69, 9.17) is 5.73 Å². The molecule has 1 atom stereocenters. The van der Waals surface area contributed by atoms with Gasteiger partial charge >= 0.3 is 0 Å². The first-order valence-electron chi connectivity index (χ1n) is 9.14. The zero-order valence-corrected chi connectivity index (χ0v) is 16.6. The van der Waals surface area contributed by atoms with Crippen LogP contribution in [0.2, 0.25) is 0 Å². The van der Waals surface area contributed by atoms with Crippen molar-refractivity contribution in [2.75, 3.05) is 5.73 Å². The smallest absolute Gasteiger partial charge is 0.220 e. The van der Waals surface area contributed by atoms with Crippen molar-refractivity contribution in [1.29, 1.82) is 0 Å². The van der Waals surface area contributed by atoms with Crippen LogP contribution in [0.25, 0.3) is 22.2 Å². The van der Waals surface area contributed by atoms with Crippen LogP contribution in [-0.2, 0) is 6.54 Å². The van der Waals surface area contributed by atoms with Crippen LogP contribution in [0.3, 0.4) is 0 Å². The van der Waals surface area contributed by atoms with E-state index >= 15 is 0 Å². The van der Waals surface area contributed by atoms with E-state index in [1.54, 1.807) is 39.2 Å². The highest BCUT2D eigenvalue weighted by molar-refractivity contribution is 5.95. The van der Waals surface area contributed by atoms with Gasteiger partial charge in [0.15, 0.2) is 0 Å². The second-order valence-electron chi connectivity index (χ2n) is 7.75. The number of fused-ring (bicyclic) bond motifs is 1. The largest absolute Gasteiger partial charge is 0.389 e. The molecule has 0 aliphatic rings. The lowest BCUT2D eigenvalue weighted by Gasteiger charge is -2.18. The molecule has 4 N–H and O–H groups in total. The van der Waals surface area contributed by atoms with Crippen LogP contribution in [-0.4, -0.2) is 40.9 Å². The predicted molar refractivity (Wildman–Crippen MR) is 109 cm³/mol. The van der Waals surface area contributed by atoms with Gasteiger partial charge in [0.25, 0.3) is 0 Å². The maximum absolute atomic E-state index is 10.3. The van der Waals surface area contributed by atoms with Gasteiger partial charge in [-0.3, -0.25) is 0 Å². The molecular weight excluding hydrogens is 354 g/mol. The number of anilines is 1. The highest BCUT2D eigenvalue weighted by Gasteiger charge is 2.19. The quantitative estimate of drug-likeness (QED) is 0.600. The number of pyridine rings is 1. The van der Waals surface area contributed by atoms with E-state index in [9.17, 15) is 10.2 Å². The molecule has 0 bridgehead atoms. The fraction of sp³-hybridized carbons (Fsp3) is 0.381. The molecular formula is C21H25N5O2. The molecule has 3 heterocycles. The zero-order valence-electron chi connectivity index (χ0n) is 16.6. The molecule has 0 saturated heterocycles. The molecule has 28 heavy (non-hydrogen) atoms. The first kappa shape index (κ1) is 19.8. The Bertz CT molecular complexity index is 1070. The molecule has 146 valence electrons. The average Bonchev–Trinajstić information content (AvgIpc) is 2.96. The van der Waals surface area contributed by atoms with E-state index in [0.29, 0.717) is 24.4 Å². The van der Waals surface area contributed by atoms with Gasteiger partial charge in [0.2, 0.25) is 5.95 Å². The van der Waals surface area contributed by atoms with E-state index in [0.717, 1.165) is 16.5 Å². The zero-order chi connectivity index (χ0) is 20.5. The van der Waals surface area contributed by atoms with Crippen molar-refractivity contribution in [3.8, 4) is 23.1 Å². The topological polar surface area (TPSA) is 110 Å². The van der Waals surface area contributed by atoms with Gasteiger partial charge in [-0.2, -0.15) is 0 Å². The number of nitrogen functional groups attached to an aromatic ring is 1. The third kappa shape index (κ3) is 4.47. The van der Waals surface area contributed by atoms with Crippen molar-refractivity contribution in [3.05, 3.63) is 36.4 Å². The van der Waals surface area contributed by atoms with E-state index in [-0.39, 0.29) is 5.95 Å². The molecule has 0 amide bonds. The SMILES string of the molecule is CCC(C)(O)C#Cc1cc2c(-c3ccnc(N)n3)cn(CC(C)(C)O)c2cn1. The molecule has 7 heteroatoms. The van der Waals surface area contributed by atoms with Gasteiger partial charge in [-0.15, -0.1) is 0 Å². The Morgan fingerprint density at radius 3 is 2.61 bits per heavy atom. The first-order valence-corrected chi connectivity index (χ1v) is 9.14. The second kappa shape index (κ2) is 7.23. The Morgan fingerprint density at radius 2 is 1.96 bits per heavy atom. The number of rotatable bonds is 4. The second-order valence-corrected chi connectivity index (χ2v) is 7.75. The van der Waals surface area contributed by atoms with Gasteiger partial charge in [0.1, 0.15) is 11.3 Å². The van der Waals surface area contributed by atoms with Gasteiger partial charge in [-0.05, 0) is 45.2 Å². The summed E-state index contributed by atoms with van der Waals surface area (Å²) in [6.45, 7) is 7.44. The number of aliphatic hydroxyl groups is 2. The highest BCUT2D eigenvalue weighted by Crippen LogP contribution is 2.30. The minimum Gasteiger partial charge on any atom is -0.389 e. The Hall–Kier alpha value is -2.95. The predicted octanol–water partition coefficient (Wildman–Crippen LogP) is 2.36. The molecule has 3 aromatic rings. The van der Waals surface area contributed by atoms with E-state index in [1.807, 2.05) is 23.8 Å². The maximum atomic E-state index is 10.3. The van der Waals surface area contributed by atoms with Crippen LogP contribution in [0.15, 0.2) is 30.7 Å². The normalized spacial score (nSPS) is 13.8. The molecule has 7 nitrogen and oxygen atoms in total. The van der Waals surface area contributed by atoms with Gasteiger partial charge in [0.05, 0.1) is 29.6 Å². The fourth-order valence-electron chi connectivity index (χ4n) is 2.82. The van der Waals surface area contributed by atoms with Crippen molar-refractivity contribution < 1.29 is 10.2 Å². The molecule has 0 saturated carbocycles. The van der Waals surface area contributed by atoms with Gasteiger partial charge in [-0.1, -0.05) is 12.8 Å². The standard InChI is InChI=1S/C21H25N5O2/c1-5-21(4,28)8-6-14-10-15-16(17-7-9-23-19(22)25-17)12-26(13-20(2,3)27)18(15)11-24-14/h7,9-12,27-28H,5,13H2,1-4H3,(H2,22,23,25). The summed E-state index contributed by atoms with van der Waals surface area (Å²) in [7, 11) is 0. The summed E-state index contributed by atoms with van der Waals surface area (Å²) in [4.78, 5) is 12.7. The summed E-state index contributed by atoms with van der Waals surface area (Å²) in [5.41, 5.74) is 6.72. The van der Waals surface area contributed by atoms with E-state index in [1.165, 1.54) is 0 Å². The van der Waals surface area contributed by atoms with Crippen LogP contribution in [0.4, 0.5) is 5.95 Å². The third-order valence-electron chi connectivity index (χ3n) is 4.42. The van der Waals surface area contributed by atoms with Crippen LogP contribution in [0.5, 0.6) is 0 Å². The Labute approximate surface area is 164 Å². The summed E-state index contributed by atoms with van der Waals surface area (Å²) >= 11 is 0. The highest BCUT2D eigenvalue weighted by atomic mass is 16.3. The monoisotopic (exact) mass is 379 g/mol. The van der Waals surface area contributed by atoms with Crippen molar-refractivity contribution in [2.45, 2.75) is 51.9 Å². The fourth-order valence-corrected chi connectivity index (χ4v) is 2.82. The maximum Gasteiger partial charge on any atom is 0.220 e. The third-order valence-corrected chi connectivity index (χ3v) is 4.42. The molecule has 0 spiro atoms. The van der Waals surface area contributed by atoms with Gasteiger partial charge in [-0.25, -0.2) is 15.0 Å². The van der Waals surface area contributed by atoms with E-state index in [2.05, 4.69) is 26.8 Å². The molecule has 0 aliphatic heterocycles. The molecule has 0 aromatic carbocycles. The minimum atomic E-state index is -1.06. The van der Waals surface area contributed by atoms with Gasteiger partial charge in [0, 0.05) is 23.3 Å². The lowest BCUT2D eigenvalue weighted by Crippen LogP contribution is -2.25. The van der Waals surface area contributed by atoms with Gasteiger partial charge < -0.3 is 20.5 Å². The molecule has 3 rings (SSSR count). The number of hydrogen-bond donors (Lipinski definition) is 3. The van der Waals surface area contributed by atoms with Crippen LogP contribution >= 0.6 is 0 Å². The Balaban J connectivity index is 2.18. The molecule has 3 aromatic heterocycles. The van der Waals surface area contributed by atoms with E-state index < -0.39 is 11.2 Å². The van der Waals surface area contributed by atoms with Crippen molar-refractivity contribution in [1.82, 2.24) is 19.5 Å². The lowest BCUT2D eigenvalue weighted by atomic mass is 10.0. The van der Waals surface area contributed by atoms with Crippen LogP contribution in [0.1, 0.15) is 39.8 Å². The Kier molecular flexibility index (Phi) is 5.11. The molecule has 0 radical (unpaired) electrons. The lowest BCUT2D eigenvalue weighted by molar-refractivity contribution is 0.0628. The summed E-state index contributed by atoms with van der Waals surface area (Å²) in [5.74, 6) is 5.99. The number of hydrogen-bond acceptors (Lipinski definition) is 6. The van der Waals surface area contributed by atoms with Crippen molar-refractivity contribution in [2.24, 2.45) is 0 Å². The Morgan fingerprint density at radius 1 is 1.21 bits per heavy atom. The summed E-state index contributed by atoms with van der Waals surface area (Å²) < 4.78 is 1.94. The molecule has 1 unspecified atom stereocenters. The van der Waals surface area contributed by atoms with Crippen molar-refractivity contribution in [3.63, 3.8) is 0 Å². The number of nitrogens with two attached hydrogens (primary N) is 1. The molecule has 0 aliphatic carbocycles. The average molecular weight is 379 g/mol. The van der Waals surface area contributed by atoms with Crippen LogP contribution in [0, 0.1) is 11.8 Å². The van der Waals surface area contributed by atoms with Crippen LogP contribution < -0.4 is 5.73 Å². The number of nitrogens with zero attached hydrogens (tertiary/aromatic N) is 4.